The van der Waals surface area contributed by atoms with E-state index in [2.05, 4.69) is 16.9 Å². The Kier molecular flexibility index (Phi) is 3.52. The zero-order valence-corrected chi connectivity index (χ0v) is 11.0. The molecule has 1 aromatic heterocycles. The molecule has 0 fully saturated rings. The Labute approximate surface area is 111 Å². The summed E-state index contributed by atoms with van der Waals surface area (Å²) in [5.74, 6) is 6.74. The van der Waals surface area contributed by atoms with Gasteiger partial charge in [-0.2, -0.15) is 0 Å². The summed E-state index contributed by atoms with van der Waals surface area (Å²) in [4.78, 5) is 18.3. The first-order valence-electron chi connectivity index (χ1n) is 6.03. The van der Waals surface area contributed by atoms with Crippen LogP contribution < -0.4 is 22.1 Å². The number of nitrogens with two attached hydrogens (primary N) is 2. The first-order valence-corrected chi connectivity index (χ1v) is 6.03. The molecular formula is C13H17N5O. The standard InChI is InChI=1S/C13H17N5O/c1-3-9-5-4-6-10(7-9)18(15)12-11(14)13(19)17-8(2)16-12/h4-7H,3,14-15H2,1-2H3,(H,16,17,19). The lowest BCUT2D eigenvalue weighted by Crippen LogP contribution is -2.30. The largest absolute Gasteiger partial charge is 0.391 e. The van der Waals surface area contributed by atoms with E-state index in [0.717, 1.165) is 17.7 Å². The molecule has 5 N–H and O–H groups in total. The normalized spacial score (nSPS) is 10.5. The van der Waals surface area contributed by atoms with Crippen LogP contribution in [-0.4, -0.2) is 9.97 Å². The van der Waals surface area contributed by atoms with Gasteiger partial charge >= 0.3 is 0 Å². The van der Waals surface area contributed by atoms with Crippen molar-refractivity contribution >= 4 is 17.2 Å². The van der Waals surface area contributed by atoms with Gasteiger partial charge in [-0.05, 0) is 31.0 Å². The quantitative estimate of drug-likeness (QED) is 0.568. The van der Waals surface area contributed by atoms with Crippen LogP contribution in [-0.2, 0) is 6.42 Å². The molecule has 1 aromatic carbocycles. The van der Waals surface area contributed by atoms with Crippen LogP contribution in [0.2, 0.25) is 0 Å². The molecule has 0 atom stereocenters. The van der Waals surface area contributed by atoms with Crippen LogP contribution in [0.4, 0.5) is 17.2 Å². The molecule has 0 radical (unpaired) electrons. The molecular weight excluding hydrogens is 242 g/mol. The third kappa shape index (κ3) is 2.58. The maximum absolute atomic E-state index is 11.6. The zero-order chi connectivity index (χ0) is 14.0. The Hall–Kier alpha value is -2.34. The Morgan fingerprint density at radius 3 is 2.84 bits per heavy atom. The molecule has 100 valence electrons. The number of benzene rings is 1. The summed E-state index contributed by atoms with van der Waals surface area (Å²) in [5, 5.41) is 1.33. The van der Waals surface area contributed by atoms with Crippen LogP contribution in [0, 0.1) is 6.92 Å². The van der Waals surface area contributed by atoms with Gasteiger partial charge in [-0.1, -0.05) is 19.1 Å². The molecule has 6 heteroatoms. The summed E-state index contributed by atoms with van der Waals surface area (Å²) in [6.45, 7) is 3.74. The van der Waals surface area contributed by atoms with Gasteiger partial charge in [0.25, 0.3) is 5.56 Å². The molecule has 19 heavy (non-hydrogen) atoms. The number of nitrogens with zero attached hydrogens (tertiary/aromatic N) is 2. The highest BCUT2D eigenvalue weighted by Gasteiger charge is 2.13. The molecule has 6 nitrogen and oxygen atoms in total. The summed E-state index contributed by atoms with van der Waals surface area (Å²) < 4.78 is 0. The lowest BCUT2D eigenvalue weighted by molar-refractivity contribution is 0.960. The van der Waals surface area contributed by atoms with Gasteiger partial charge in [0.15, 0.2) is 5.82 Å². The van der Waals surface area contributed by atoms with Crippen molar-refractivity contribution in [3.8, 4) is 0 Å². The van der Waals surface area contributed by atoms with E-state index in [1.54, 1.807) is 6.92 Å². The average Bonchev–Trinajstić information content (AvgIpc) is 2.42. The van der Waals surface area contributed by atoms with Crippen molar-refractivity contribution in [3.63, 3.8) is 0 Å². The first-order chi connectivity index (χ1) is 9.02. The highest BCUT2D eigenvalue weighted by Crippen LogP contribution is 2.23. The number of rotatable bonds is 3. The fraction of sp³-hybridized carbons (Fsp3) is 0.231. The number of aromatic amines is 1. The van der Waals surface area contributed by atoms with Crippen LogP contribution in [0.5, 0.6) is 0 Å². The lowest BCUT2D eigenvalue weighted by Gasteiger charge is -2.19. The van der Waals surface area contributed by atoms with Gasteiger partial charge < -0.3 is 10.7 Å². The van der Waals surface area contributed by atoms with E-state index in [0.29, 0.717) is 5.82 Å². The summed E-state index contributed by atoms with van der Waals surface area (Å²) in [6, 6.07) is 7.70. The fourth-order valence-corrected chi connectivity index (χ4v) is 1.81. The second kappa shape index (κ2) is 5.11. The smallest absolute Gasteiger partial charge is 0.276 e. The van der Waals surface area contributed by atoms with E-state index in [1.807, 2.05) is 24.3 Å². The molecule has 2 rings (SSSR count). The van der Waals surface area contributed by atoms with Gasteiger partial charge in [-0.25, -0.2) is 10.8 Å². The number of hydrogen-bond donors (Lipinski definition) is 3. The minimum absolute atomic E-state index is 0.00926. The number of anilines is 3. The van der Waals surface area contributed by atoms with Crippen LogP contribution in [0.15, 0.2) is 29.1 Å². The Bertz CT molecular complexity index is 650. The Balaban J connectivity index is 2.49. The third-order valence-corrected chi connectivity index (χ3v) is 2.88. The molecule has 0 bridgehead atoms. The second-order valence-corrected chi connectivity index (χ2v) is 4.28. The summed E-state index contributed by atoms with van der Waals surface area (Å²) in [6.07, 6.45) is 0.902. The molecule has 0 unspecified atom stereocenters. The molecule has 0 spiro atoms. The monoisotopic (exact) mass is 259 g/mol. The van der Waals surface area contributed by atoms with E-state index in [-0.39, 0.29) is 17.1 Å². The molecule has 2 aromatic rings. The molecule has 0 saturated heterocycles. The number of H-pyrrole nitrogens is 1. The minimum atomic E-state index is -0.385. The molecule has 0 amide bonds. The number of nitrogen functional groups attached to an aromatic ring is 1. The molecule has 0 aliphatic carbocycles. The number of hydrogen-bond acceptors (Lipinski definition) is 5. The van der Waals surface area contributed by atoms with E-state index in [1.165, 1.54) is 5.01 Å². The van der Waals surface area contributed by atoms with Crippen molar-refractivity contribution in [1.29, 1.82) is 0 Å². The maximum atomic E-state index is 11.6. The van der Waals surface area contributed by atoms with Crippen molar-refractivity contribution in [2.24, 2.45) is 5.84 Å². The van der Waals surface area contributed by atoms with Gasteiger partial charge in [0.1, 0.15) is 11.5 Å². The van der Waals surface area contributed by atoms with Crippen LogP contribution in [0.25, 0.3) is 0 Å². The van der Waals surface area contributed by atoms with Crippen LogP contribution in [0.1, 0.15) is 18.3 Å². The molecule has 1 heterocycles. The fourth-order valence-electron chi connectivity index (χ4n) is 1.81. The summed E-state index contributed by atoms with van der Waals surface area (Å²) in [7, 11) is 0. The number of hydrazine groups is 1. The van der Waals surface area contributed by atoms with Gasteiger partial charge in [-0.3, -0.25) is 9.80 Å². The average molecular weight is 259 g/mol. The van der Waals surface area contributed by atoms with Gasteiger partial charge in [-0.15, -0.1) is 0 Å². The topological polar surface area (TPSA) is 101 Å². The Morgan fingerprint density at radius 2 is 2.16 bits per heavy atom. The van der Waals surface area contributed by atoms with E-state index in [9.17, 15) is 4.79 Å². The van der Waals surface area contributed by atoms with Crippen molar-refractivity contribution in [2.75, 3.05) is 10.7 Å². The van der Waals surface area contributed by atoms with Crippen molar-refractivity contribution in [2.45, 2.75) is 20.3 Å². The predicted molar refractivity (Wildman–Crippen MR) is 76.2 cm³/mol. The van der Waals surface area contributed by atoms with E-state index in [4.69, 9.17) is 11.6 Å². The van der Waals surface area contributed by atoms with Crippen molar-refractivity contribution in [3.05, 3.63) is 46.0 Å². The second-order valence-electron chi connectivity index (χ2n) is 4.28. The highest BCUT2D eigenvalue weighted by atomic mass is 16.1. The molecule has 0 saturated carbocycles. The van der Waals surface area contributed by atoms with Crippen molar-refractivity contribution < 1.29 is 0 Å². The van der Waals surface area contributed by atoms with Gasteiger partial charge in [0, 0.05) is 0 Å². The van der Waals surface area contributed by atoms with E-state index < -0.39 is 0 Å². The van der Waals surface area contributed by atoms with Gasteiger partial charge in [0.05, 0.1) is 5.69 Å². The SMILES string of the molecule is CCc1cccc(N(N)c2nc(C)[nH]c(=O)c2N)c1. The van der Waals surface area contributed by atoms with E-state index >= 15 is 0 Å². The third-order valence-electron chi connectivity index (χ3n) is 2.88. The number of aryl methyl sites for hydroxylation is 2. The molecule has 0 aliphatic rings. The summed E-state index contributed by atoms with van der Waals surface area (Å²) >= 11 is 0. The van der Waals surface area contributed by atoms with Crippen molar-refractivity contribution in [1.82, 2.24) is 9.97 Å². The lowest BCUT2D eigenvalue weighted by atomic mass is 10.1. The molecule has 0 aliphatic heterocycles. The van der Waals surface area contributed by atoms with Gasteiger partial charge in [0.2, 0.25) is 0 Å². The minimum Gasteiger partial charge on any atom is -0.391 e. The van der Waals surface area contributed by atoms with Crippen LogP contribution >= 0.6 is 0 Å². The maximum Gasteiger partial charge on any atom is 0.276 e. The first kappa shape index (κ1) is 13.1. The summed E-state index contributed by atoms with van der Waals surface area (Å²) in [5.41, 5.74) is 7.24. The number of nitrogens with one attached hydrogen (secondary N) is 1. The Morgan fingerprint density at radius 1 is 1.42 bits per heavy atom. The zero-order valence-electron chi connectivity index (χ0n) is 11.0. The highest BCUT2D eigenvalue weighted by molar-refractivity contribution is 5.69. The van der Waals surface area contributed by atoms with Crippen LogP contribution in [0.3, 0.4) is 0 Å². The number of aromatic nitrogens is 2. The predicted octanol–water partition coefficient (Wildman–Crippen LogP) is 1.23.